The minimum Gasteiger partial charge on any atom is -0.450 e. The van der Waals surface area contributed by atoms with Crippen molar-refractivity contribution in [2.24, 2.45) is 0 Å². The van der Waals surface area contributed by atoms with Crippen molar-refractivity contribution in [2.75, 3.05) is 7.05 Å². The van der Waals surface area contributed by atoms with Gasteiger partial charge in [-0.2, -0.15) is 0 Å². The third-order valence-corrected chi connectivity index (χ3v) is 2.97. The quantitative estimate of drug-likeness (QED) is 0.672. The first-order chi connectivity index (χ1) is 10.0. The van der Waals surface area contributed by atoms with Crippen molar-refractivity contribution < 1.29 is 14.1 Å². The topological polar surface area (TPSA) is 64.4 Å². The van der Waals surface area contributed by atoms with Gasteiger partial charge in [0.25, 0.3) is 0 Å². The molecule has 21 heavy (non-hydrogen) atoms. The predicted molar refractivity (Wildman–Crippen MR) is 77.3 cm³/mol. The SMILES string of the molecule is CNCc1ccc(Cl)cc1Oc1cc(F)ccc1[N+](=O)[O-]. The van der Waals surface area contributed by atoms with Gasteiger partial charge in [0.1, 0.15) is 11.6 Å². The minimum atomic E-state index is -0.628. The summed E-state index contributed by atoms with van der Waals surface area (Å²) in [6.45, 7) is 0.482. The van der Waals surface area contributed by atoms with Crippen LogP contribution in [0.4, 0.5) is 10.1 Å². The molecule has 0 amide bonds. The molecule has 0 aliphatic rings. The van der Waals surface area contributed by atoms with Crippen LogP contribution in [0, 0.1) is 15.9 Å². The maximum Gasteiger partial charge on any atom is 0.311 e. The summed E-state index contributed by atoms with van der Waals surface area (Å²) in [5.74, 6) is -0.446. The molecule has 7 heteroatoms. The number of rotatable bonds is 5. The Bertz CT molecular complexity index is 679. The fourth-order valence-corrected chi connectivity index (χ4v) is 1.96. The van der Waals surface area contributed by atoms with Gasteiger partial charge >= 0.3 is 5.69 Å². The van der Waals surface area contributed by atoms with Crippen molar-refractivity contribution in [3.63, 3.8) is 0 Å². The van der Waals surface area contributed by atoms with Gasteiger partial charge in [-0.25, -0.2) is 4.39 Å². The van der Waals surface area contributed by atoms with E-state index in [1.807, 2.05) is 0 Å². The molecule has 0 bridgehead atoms. The summed E-state index contributed by atoms with van der Waals surface area (Å²) in [4.78, 5) is 10.3. The smallest absolute Gasteiger partial charge is 0.311 e. The van der Waals surface area contributed by atoms with Gasteiger partial charge in [0.05, 0.1) is 4.92 Å². The highest BCUT2D eigenvalue weighted by Gasteiger charge is 2.18. The number of nitrogens with zero attached hydrogens (tertiary/aromatic N) is 1. The van der Waals surface area contributed by atoms with Crippen molar-refractivity contribution in [1.29, 1.82) is 0 Å². The zero-order valence-corrected chi connectivity index (χ0v) is 11.9. The van der Waals surface area contributed by atoms with Crippen LogP contribution in [0.1, 0.15) is 5.56 Å². The van der Waals surface area contributed by atoms with Crippen LogP contribution >= 0.6 is 11.6 Å². The first kappa shape index (κ1) is 15.2. The molecule has 0 saturated carbocycles. The Balaban J connectivity index is 2.44. The number of nitrogens with one attached hydrogen (secondary N) is 1. The van der Waals surface area contributed by atoms with Gasteiger partial charge in [-0.3, -0.25) is 10.1 Å². The van der Waals surface area contributed by atoms with Gasteiger partial charge in [0.15, 0.2) is 0 Å². The molecule has 110 valence electrons. The second-order valence-corrected chi connectivity index (χ2v) is 4.69. The van der Waals surface area contributed by atoms with Crippen molar-refractivity contribution in [1.82, 2.24) is 5.32 Å². The normalized spacial score (nSPS) is 10.4. The largest absolute Gasteiger partial charge is 0.450 e. The van der Waals surface area contributed by atoms with Crippen LogP contribution in [0.2, 0.25) is 5.02 Å². The summed E-state index contributed by atoms with van der Waals surface area (Å²) in [7, 11) is 1.75. The zero-order chi connectivity index (χ0) is 15.4. The molecule has 2 rings (SSSR count). The monoisotopic (exact) mass is 310 g/mol. The molecule has 0 spiro atoms. The maximum absolute atomic E-state index is 13.3. The number of nitro groups is 1. The molecule has 0 aliphatic heterocycles. The van der Waals surface area contributed by atoms with Crippen LogP contribution < -0.4 is 10.1 Å². The van der Waals surface area contributed by atoms with E-state index in [0.29, 0.717) is 17.3 Å². The first-order valence-electron chi connectivity index (χ1n) is 6.06. The highest BCUT2D eigenvalue weighted by atomic mass is 35.5. The molecular weight excluding hydrogens is 299 g/mol. The summed E-state index contributed by atoms with van der Waals surface area (Å²) in [5, 5.41) is 14.3. The maximum atomic E-state index is 13.3. The number of hydrogen-bond donors (Lipinski definition) is 1. The summed E-state index contributed by atoms with van der Waals surface area (Å²) in [6, 6.07) is 8.00. The fraction of sp³-hybridized carbons (Fsp3) is 0.143. The van der Waals surface area contributed by atoms with Crippen molar-refractivity contribution in [2.45, 2.75) is 6.54 Å². The molecule has 2 aromatic rings. The van der Waals surface area contributed by atoms with E-state index in [1.54, 1.807) is 19.2 Å². The first-order valence-corrected chi connectivity index (χ1v) is 6.44. The van der Waals surface area contributed by atoms with E-state index in [2.05, 4.69) is 5.32 Å². The molecule has 1 N–H and O–H groups in total. The standard InChI is InChI=1S/C14H12ClFN2O3/c1-17-8-9-2-3-10(15)6-13(9)21-14-7-11(16)4-5-12(14)18(19)20/h2-7,17H,8H2,1H3. The van der Waals surface area contributed by atoms with E-state index in [4.69, 9.17) is 16.3 Å². The molecular formula is C14H12ClFN2O3. The Morgan fingerprint density at radius 1 is 1.29 bits per heavy atom. The predicted octanol–water partition coefficient (Wildman–Crippen LogP) is 3.90. The fourth-order valence-electron chi connectivity index (χ4n) is 1.80. The number of ether oxygens (including phenoxy) is 1. The van der Waals surface area contributed by atoms with E-state index in [1.165, 1.54) is 6.07 Å². The molecule has 5 nitrogen and oxygen atoms in total. The van der Waals surface area contributed by atoms with Crippen LogP contribution in [0.3, 0.4) is 0 Å². The average Bonchev–Trinajstić information content (AvgIpc) is 2.42. The Morgan fingerprint density at radius 3 is 2.71 bits per heavy atom. The molecule has 0 heterocycles. The molecule has 0 unspecified atom stereocenters. The number of benzene rings is 2. The summed E-state index contributed by atoms with van der Waals surface area (Å²) in [6.07, 6.45) is 0. The van der Waals surface area contributed by atoms with Gasteiger partial charge < -0.3 is 10.1 Å². The van der Waals surface area contributed by atoms with Crippen LogP contribution in [0.25, 0.3) is 0 Å². The molecule has 0 aromatic heterocycles. The third kappa shape index (κ3) is 3.68. The van der Waals surface area contributed by atoms with Crippen molar-refractivity contribution in [3.8, 4) is 11.5 Å². The van der Waals surface area contributed by atoms with E-state index in [9.17, 15) is 14.5 Å². The van der Waals surface area contributed by atoms with E-state index < -0.39 is 10.7 Å². The Labute approximate surface area is 125 Å². The van der Waals surface area contributed by atoms with Crippen molar-refractivity contribution in [3.05, 3.63) is 62.9 Å². The molecule has 0 radical (unpaired) electrons. The highest BCUT2D eigenvalue weighted by molar-refractivity contribution is 6.30. The summed E-state index contributed by atoms with van der Waals surface area (Å²) >= 11 is 5.91. The Kier molecular flexibility index (Phi) is 4.72. The van der Waals surface area contributed by atoms with Crippen LogP contribution in [-0.4, -0.2) is 12.0 Å². The lowest BCUT2D eigenvalue weighted by atomic mass is 10.2. The van der Waals surface area contributed by atoms with Gasteiger partial charge in [0, 0.05) is 29.3 Å². The molecule has 0 saturated heterocycles. The van der Waals surface area contributed by atoms with Crippen LogP contribution in [0.15, 0.2) is 36.4 Å². The van der Waals surface area contributed by atoms with Gasteiger partial charge in [-0.1, -0.05) is 17.7 Å². The lowest BCUT2D eigenvalue weighted by molar-refractivity contribution is -0.385. The van der Waals surface area contributed by atoms with Crippen LogP contribution in [-0.2, 0) is 6.54 Å². The van der Waals surface area contributed by atoms with E-state index in [-0.39, 0.29) is 11.4 Å². The third-order valence-electron chi connectivity index (χ3n) is 2.73. The lowest BCUT2D eigenvalue weighted by Gasteiger charge is -2.11. The van der Waals surface area contributed by atoms with E-state index in [0.717, 1.165) is 23.8 Å². The number of hydrogen-bond acceptors (Lipinski definition) is 4. The lowest BCUT2D eigenvalue weighted by Crippen LogP contribution is -2.06. The Hall–Kier alpha value is -2.18. The summed E-state index contributed by atoms with van der Waals surface area (Å²) in [5.41, 5.74) is 0.437. The van der Waals surface area contributed by atoms with Crippen LogP contribution in [0.5, 0.6) is 11.5 Å². The minimum absolute atomic E-state index is 0.167. The average molecular weight is 311 g/mol. The van der Waals surface area contributed by atoms with Gasteiger partial charge in [-0.15, -0.1) is 0 Å². The molecule has 0 aliphatic carbocycles. The number of halogens is 2. The molecule has 0 atom stereocenters. The Morgan fingerprint density at radius 2 is 2.05 bits per heavy atom. The molecule has 2 aromatic carbocycles. The second-order valence-electron chi connectivity index (χ2n) is 4.25. The summed E-state index contributed by atoms with van der Waals surface area (Å²) < 4.78 is 18.8. The highest BCUT2D eigenvalue weighted by Crippen LogP contribution is 2.34. The number of nitro benzene ring substituents is 1. The zero-order valence-electron chi connectivity index (χ0n) is 11.1. The van der Waals surface area contributed by atoms with Gasteiger partial charge in [-0.05, 0) is 25.2 Å². The van der Waals surface area contributed by atoms with Crippen molar-refractivity contribution >= 4 is 17.3 Å². The second kappa shape index (κ2) is 6.51. The molecule has 0 fully saturated rings. The van der Waals surface area contributed by atoms with E-state index >= 15 is 0 Å². The van der Waals surface area contributed by atoms with Gasteiger partial charge in [0.2, 0.25) is 5.75 Å².